The van der Waals surface area contributed by atoms with Crippen LogP contribution in [0.2, 0.25) is 0 Å². The number of aryl methyl sites for hydroxylation is 2. The van der Waals surface area contributed by atoms with E-state index in [0.29, 0.717) is 0 Å². The van der Waals surface area contributed by atoms with E-state index >= 15 is 0 Å². The van der Waals surface area contributed by atoms with Gasteiger partial charge in [-0.2, -0.15) is 5.10 Å². The maximum Gasteiger partial charge on any atom is 0.138 e. The zero-order chi connectivity index (χ0) is 6.69. The predicted molar refractivity (Wildman–Crippen MR) is 35.0 cm³/mol. The lowest BCUT2D eigenvalue weighted by atomic mass is 10.3. The first-order valence-electron chi connectivity index (χ1n) is 3.17. The zero-order valence-electron chi connectivity index (χ0n) is 5.83. The minimum atomic E-state index is 1.02. The molecular formula is C6H11N3. The van der Waals surface area contributed by atoms with Gasteiger partial charge in [-0.25, -0.2) is 4.98 Å². The first-order chi connectivity index (χ1) is 4.34. The zero-order valence-corrected chi connectivity index (χ0v) is 5.83. The van der Waals surface area contributed by atoms with Crippen LogP contribution in [0, 0.1) is 0 Å². The summed E-state index contributed by atoms with van der Waals surface area (Å²) in [6, 6.07) is 0. The van der Waals surface area contributed by atoms with E-state index in [1.807, 2.05) is 11.7 Å². The molecule has 0 unspecified atom stereocenters. The molecule has 0 aliphatic carbocycles. The van der Waals surface area contributed by atoms with Gasteiger partial charge in [-0.1, -0.05) is 6.92 Å². The first-order valence-corrected chi connectivity index (χ1v) is 3.17. The predicted octanol–water partition coefficient (Wildman–Crippen LogP) is 0.768. The number of hydrogen-bond acceptors (Lipinski definition) is 2. The number of aromatic nitrogens is 3. The lowest BCUT2D eigenvalue weighted by molar-refractivity contribution is 0.687. The smallest absolute Gasteiger partial charge is 0.138 e. The van der Waals surface area contributed by atoms with Crippen LogP contribution >= 0.6 is 0 Å². The highest BCUT2D eigenvalue weighted by Crippen LogP contribution is 1.93. The number of rotatable bonds is 2. The molecule has 1 aromatic rings. The third-order valence-electron chi connectivity index (χ3n) is 1.28. The van der Waals surface area contributed by atoms with Crippen LogP contribution in [-0.2, 0) is 13.5 Å². The summed E-state index contributed by atoms with van der Waals surface area (Å²) in [5, 5.41) is 3.94. The average molecular weight is 125 g/mol. The molecule has 0 saturated carbocycles. The van der Waals surface area contributed by atoms with Gasteiger partial charge in [-0.3, -0.25) is 4.68 Å². The fourth-order valence-corrected chi connectivity index (χ4v) is 0.770. The Balaban J connectivity index is 2.69. The molecule has 0 atom stereocenters. The lowest BCUT2D eigenvalue weighted by Gasteiger charge is -1.93. The van der Waals surface area contributed by atoms with Crippen molar-refractivity contribution in [1.29, 1.82) is 0 Å². The van der Waals surface area contributed by atoms with E-state index in [2.05, 4.69) is 17.0 Å². The van der Waals surface area contributed by atoms with Crippen molar-refractivity contribution in [2.24, 2.45) is 7.05 Å². The van der Waals surface area contributed by atoms with Crippen LogP contribution in [0.25, 0.3) is 0 Å². The van der Waals surface area contributed by atoms with Gasteiger partial charge in [-0.05, 0) is 6.42 Å². The van der Waals surface area contributed by atoms with Crippen LogP contribution in [-0.4, -0.2) is 14.8 Å². The molecule has 0 N–H and O–H groups in total. The fourth-order valence-electron chi connectivity index (χ4n) is 0.770. The van der Waals surface area contributed by atoms with Crippen LogP contribution in [0.1, 0.15) is 19.2 Å². The summed E-state index contributed by atoms with van der Waals surface area (Å²) in [6.45, 7) is 2.13. The third-order valence-corrected chi connectivity index (χ3v) is 1.28. The highest BCUT2D eigenvalue weighted by molar-refractivity contribution is 4.81. The van der Waals surface area contributed by atoms with E-state index in [1.165, 1.54) is 0 Å². The van der Waals surface area contributed by atoms with Crippen molar-refractivity contribution in [3.8, 4) is 0 Å². The molecule has 9 heavy (non-hydrogen) atoms. The molecular weight excluding hydrogens is 114 g/mol. The summed E-state index contributed by atoms with van der Waals surface area (Å²) in [5.74, 6) is 1.07. The first kappa shape index (κ1) is 6.26. The summed E-state index contributed by atoms with van der Waals surface area (Å²) in [6.07, 6.45) is 3.74. The van der Waals surface area contributed by atoms with E-state index in [-0.39, 0.29) is 0 Å². The summed E-state index contributed by atoms with van der Waals surface area (Å²) in [7, 11) is 1.91. The molecule has 0 amide bonds. The molecule has 3 nitrogen and oxygen atoms in total. The molecule has 0 spiro atoms. The van der Waals surface area contributed by atoms with Gasteiger partial charge in [0.25, 0.3) is 0 Å². The molecule has 3 heteroatoms. The minimum absolute atomic E-state index is 1.02. The monoisotopic (exact) mass is 125 g/mol. The maximum absolute atomic E-state index is 4.06. The number of hydrogen-bond donors (Lipinski definition) is 0. The molecule has 0 fully saturated rings. The van der Waals surface area contributed by atoms with Crippen molar-refractivity contribution >= 4 is 0 Å². The van der Waals surface area contributed by atoms with Crippen molar-refractivity contribution in [2.45, 2.75) is 19.8 Å². The Morgan fingerprint density at radius 1 is 1.67 bits per heavy atom. The molecule has 0 bridgehead atoms. The second-order valence-corrected chi connectivity index (χ2v) is 2.05. The third kappa shape index (κ3) is 1.28. The second-order valence-electron chi connectivity index (χ2n) is 2.05. The second kappa shape index (κ2) is 2.62. The molecule has 50 valence electrons. The maximum atomic E-state index is 4.06. The molecule has 0 radical (unpaired) electrons. The Morgan fingerprint density at radius 3 is 2.89 bits per heavy atom. The Morgan fingerprint density at radius 2 is 2.44 bits per heavy atom. The largest absolute Gasteiger partial charge is 0.253 e. The van der Waals surface area contributed by atoms with E-state index in [4.69, 9.17) is 0 Å². The van der Waals surface area contributed by atoms with Gasteiger partial charge in [0.05, 0.1) is 0 Å². The molecule has 1 aromatic heterocycles. The summed E-state index contributed by atoms with van der Waals surface area (Å²) in [5.41, 5.74) is 0. The topological polar surface area (TPSA) is 30.7 Å². The quantitative estimate of drug-likeness (QED) is 0.584. The molecule has 1 heterocycles. The van der Waals surface area contributed by atoms with Crippen LogP contribution in [0.3, 0.4) is 0 Å². The van der Waals surface area contributed by atoms with Gasteiger partial charge in [0.2, 0.25) is 0 Å². The van der Waals surface area contributed by atoms with Crippen LogP contribution < -0.4 is 0 Å². The minimum Gasteiger partial charge on any atom is -0.253 e. The molecule has 0 aliphatic rings. The van der Waals surface area contributed by atoms with E-state index in [1.54, 1.807) is 6.33 Å². The van der Waals surface area contributed by atoms with Gasteiger partial charge in [-0.15, -0.1) is 0 Å². The van der Waals surface area contributed by atoms with Gasteiger partial charge >= 0.3 is 0 Å². The standard InChI is InChI=1S/C6H11N3/c1-3-4-6-7-5-8-9(6)2/h5H,3-4H2,1-2H3. The van der Waals surface area contributed by atoms with Crippen molar-refractivity contribution in [3.05, 3.63) is 12.2 Å². The Bertz CT molecular complexity index is 180. The Labute approximate surface area is 54.7 Å². The van der Waals surface area contributed by atoms with Gasteiger partial charge < -0.3 is 0 Å². The van der Waals surface area contributed by atoms with E-state index in [9.17, 15) is 0 Å². The van der Waals surface area contributed by atoms with Crippen molar-refractivity contribution in [3.63, 3.8) is 0 Å². The molecule has 0 aliphatic heterocycles. The highest BCUT2D eigenvalue weighted by Gasteiger charge is 1.95. The van der Waals surface area contributed by atoms with Gasteiger partial charge in [0, 0.05) is 13.5 Å². The number of nitrogens with zero attached hydrogens (tertiary/aromatic N) is 3. The van der Waals surface area contributed by atoms with Gasteiger partial charge in [0.15, 0.2) is 0 Å². The van der Waals surface area contributed by atoms with Crippen LogP contribution in [0.5, 0.6) is 0 Å². The molecule has 0 aromatic carbocycles. The highest BCUT2D eigenvalue weighted by atomic mass is 15.3. The summed E-state index contributed by atoms with van der Waals surface area (Å²) < 4.78 is 1.81. The Hall–Kier alpha value is -0.860. The van der Waals surface area contributed by atoms with E-state index < -0.39 is 0 Å². The lowest BCUT2D eigenvalue weighted by Crippen LogP contribution is -1.98. The van der Waals surface area contributed by atoms with Crippen LogP contribution in [0.15, 0.2) is 6.33 Å². The van der Waals surface area contributed by atoms with Crippen molar-refractivity contribution < 1.29 is 0 Å². The molecule has 1 rings (SSSR count). The summed E-state index contributed by atoms with van der Waals surface area (Å²) in [4.78, 5) is 4.06. The van der Waals surface area contributed by atoms with Crippen molar-refractivity contribution in [1.82, 2.24) is 14.8 Å². The van der Waals surface area contributed by atoms with Gasteiger partial charge in [0.1, 0.15) is 12.2 Å². The van der Waals surface area contributed by atoms with E-state index in [0.717, 1.165) is 18.7 Å². The SMILES string of the molecule is CCCc1ncnn1C. The fraction of sp³-hybridized carbons (Fsp3) is 0.667. The van der Waals surface area contributed by atoms with Crippen LogP contribution in [0.4, 0.5) is 0 Å². The Kier molecular flexibility index (Phi) is 1.82. The molecule has 0 saturated heterocycles. The average Bonchev–Trinajstić information content (AvgIpc) is 2.18. The van der Waals surface area contributed by atoms with Crippen molar-refractivity contribution in [2.75, 3.05) is 0 Å². The normalized spacial score (nSPS) is 10.0. The summed E-state index contributed by atoms with van der Waals surface area (Å²) >= 11 is 0.